The summed E-state index contributed by atoms with van der Waals surface area (Å²) in [5.74, 6) is 2.12. The van der Waals surface area contributed by atoms with Gasteiger partial charge in [-0.3, -0.25) is 4.79 Å². The summed E-state index contributed by atoms with van der Waals surface area (Å²) >= 11 is 0. The van der Waals surface area contributed by atoms with E-state index in [-0.39, 0.29) is 12.7 Å². The lowest BCUT2D eigenvalue weighted by Gasteiger charge is -2.22. The molecule has 2 heterocycles. The summed E-state index contributed by atoms with van der Waals surface area (Å²) in [5, 5.41) is 2.15. The summed E-state index contributed by atoms with van der Waals surface area (Å²) < 4.78 is 16.4. The highest BCUT2D eigenvalue weighted by atomic mass is 16.7. The zero-order chi connectivity index (χ0) is 19.6. The molecule has 1 aromatic heterocycles. The van der Waals surface area contributed by atoms with Gasteiger partial charge in [-0.25, -0.2) is 0 Å². The molecule has 0 atom stereocenters. The van der Waals surface area contributed by atoms with Gasteiger partial charge in [-0.05, 0) is 52.7 Å². The molecule has 0 unspecified atom stereocenters. The zero-order valence-corrected chi connectivity index (χ0v) is 15.7. The van der Waals surface area contributed by atoms with Gasteiger partial charge in [0.2, 0.25) is 6.79 Å². The fraction of sp³-hybridized carbons (Fsp3) is 0.125. The van der Waals surface area contributed by atoms with Crippen molar-refractivity contribution in [2.45, 2.75) is 13.1 Å². The molecule has 0 radical (unpaired) electrons. The zero-order valence-electron chi connectivity index (χ0n) is 15.7. The average Bonchev–Trinajstić information content (AvgIpc) is 3.44. The standard InChI is InChI=1S/C24H19NO4/c26-24(20-9-8-18-4-1-2-5-19(18)13-20)25(15-21-6-3-11-27-21)14-17-7-10-22-23(12-17)29-16-28-22/h1-13H,14-16H2. The van der Waals surface area contributed by atoms with Crippen LogP contribution >= 0.6 is 0 Å². The third kappa shape index (κ3) is 3.55. The first-order chi connectivity index (χ1) is 14.3. The van der Waals surface area contributed by atoms with Gasteiger partial charge in [-0.1, -0.05) is 36.4 Å². The molecule has 0 N–H and O–H groups in total. The van der Waals surface area contributed by atoms with Crippen molar-refractivity contribution in [1.82, 2.24) is 4.90 Å². The van der Waals surface area contributed by atoms with E-state index < -0.39 is 0 Å². The summed E-state index contributed by atoms with van der Waals surface area (Å²) in [7, 11) is 0. The fourth-order valence-electron chi connectivity index (χ4n) is 3.55. The van der Waals surface area contributed by atoms with E-state index in [2.05, 4.69) is 0 Å². The molecule has 3 aromatic carbocycles. The smallest absolute Gasteiger partial charge is 0.254 e. The third-order valence-corrected chi connectivity index (χ3v) is 5.02. The van der Waals surface area contributed by atoms with E-state index in [1.807, 2.05) is 72.8 Å². The predicted molar refractivity (Wildman–Crippen MR) is 109 cm³/mol. The topological polar surface area (TPSA) is 51.9 Å². The van der Waals surface area contributed by atoms with Crippen molar-refractivity contribution in [3.05, 3.63) is 95.9 Å². The molecule has 4 aromatic rings. The highest BCUT2D eigenvalue weighted by Crippen LogP contribution is 2.33. The monoisotopic (exact) mass is 385 g/mol. The van der Waals surface area contributed by atoms with Crippen LogP contribution < -0.4 is 9.47 Å². The molecule has 0 saturated heterocycles. The molecule has 5 heteroatoms. The molecule has 0 aliphatic carbocycles. The minimum Gasteiger partial charge on any atom is -0.467 e. The highest BCUT2D eigenvalue weighted by molar-refractivity contribution is 5.98. The van der Waals surface area contributed by atoms with Crippen molar-refractivity contribution < 1.29 is 18.7 Å². The van der Waals surface area contributed by atoms with Crippen LogP contribution in [0, 0.1) is 0 Å². The molecular weight excluding hydrogens is 366 g/mol. The molecule has 0 spiro atoms. The average molecular weight is 385 g/mol. The maximum Gasteiger partial charge on any atom is 0.254 e. The second-order valence-corrected chi connectivity index (χ2v) is 6.99. The fourth-order valence-corrected chi connectivity index (χ4v) is 3.55. The Bertz CT molecular complexity index is 1170. The molecule has 5 nitrogen and oxygen atoms in total. The predicted octanol–water partition coefficient (Wildman–Crippen LogP) is 5.00. The van der Waals surface area contributed by atoms with Crippen LogP contribution in [-0.2, 0) is 13.1 Å². The van der Waals surface area contributed by atoms with Crippen LogP contribution in [-0.4, -0.2) is 17.6 Å². The third-order valence-electron chi connectivity index (χ3n) is 5.02. The quantitative estimate of drug-likeness (QED) is 0.485. The summed E-state index contributed by atoms with van der Waals surface area (Å²) in [5.41, 5.74) is 1.62. The van der Waals surface area contributed by atoms with Crippen molar-refractivity contribution in [2.75, 3.05) is 6.79 Å². The van der Waals surface area contributed by atoms with Gasteiger partial charge >= 0.3 is 0 Å². The Labute approximate surface area is 168 Å². The number of rotatable bonds is 5. The van der Waals surface area contributed by atoms with Crippen LogP contribution in [0.15, 0.2) is 83.5 Å². The van der Waals surface area contributed by atoms with Gasteiger partial charge in [0.15, 0.2) is 11.5 Å². The number of amides is 1. The van der Waals surface area contributed by atoms with Gasteiger partial charge in [0, 0.05) is 12.1 Å². The number of ether oxygens (including phenoxy) is 2. The van der Waals surface area contributed by atoms with E-state index in [1.165, 1.54) is 0 Å². The van der Waals surface area contributed by atoms with Crippen LogP contribution in [0.3, 0.4) is 0 Å². The van der Waals surface area contributed by atoms with E-state index in [0.29, 0.717) is 24.4 Å². The summed E-state index contributed by atoms with van der Waals surface area (Å²) in [6.45, 7) is 1.04. The van der Waals surface area contributed by atoms with Gasteiger partial charge in [0.25, 0.3) is 5.91 Å². The molecule has 144 valence electrons. The summed E-state index contributed by atoms with van der Waals surface area (Å²) in [6, 6.07) is 23.3. The number of furan rings is 1. The summed E-state index contributed by atoms with van der Waals surface area (Å²) in [6.07, 6.45) is 1.62. The van der Waals surface area contributed by atoms with Crippen LogP contribution in [0.4, 0.5) is 0 Å². The van der Waals surface area contributed by atoms with E-state index >= 15 is 0 Å². The van der Waals surface area contributed by atoms with E-state index in [9.17, 15) is 4.79 Å². The van der Waals surface area contributed by atoms with Crippen LogP contribution in [0.5, 0.6) is 11.5 Å². The Hall–Kier alpha value is -3.73. The number of carbonyl (C=O) groups is 1. The first kappa shape index (κ1) is 17.4. The normalized spacial score (nSPS) is 12.3. The Kier molecular flexibility index (Phi) is 4.41. The molecule has 29 heavy (non-hydrogen) atoms. The lowest BCUT2D eigenvalue weighted by Crippen LogP contribution is -2.30. The SMILES string of the molecule is O=C(c1ccc2ccccc2c1)N(Cc1ccc2c(c1)OCO2)Cc1ccco1. The molecular formula is C24H19NO4. The number of hydrogen-bond acceptors (Lipinski definition) is 4. The first-order valence-corrected chi connectivity index (χ1v) is 9.45. The molecule has 0 bridgehead atoms. The largest absolute Gasteiger partial charge is 0.467 e. The second-order valence-electron chi connectivity index (χ2n) is 6.99. The van der Waals surface area contributed by atoms with Gasteiger partial charge in [0.1, 0.15) is 5.76 Å². The lowest BCUT2D eigenvalue weighted by atomic mass is 10.1. The first-order valence-electron chi connectivity index (χ1n) is 9.45. The number of fused-ring (bicyclic) bond motifs is 2. The van der Waals surface area contributed by atoms with Crippen LogP contribution in [0.2, 0.25) is 0 Å². The molecule has 0 saturated carbocycles. The summed E-state index contributed by atoms with van der Waals surface area (Å²) in [4.78, 5) is 15.2. The van der Waals surface area contributed by atoms with Gasteiger partial charge in [-0.2, -0.15) is 0 Å². The molecule has 1 amide bonds. The van der Waals surface area contributed by atoms with E-state index in [0.717, 1.165) is 27.8 Å². The molecule has 5 rings (SSSR count). The minimum absolute atomic E-state index is 0.0511. The highest BCUT2D eigenvalue weighted by Gasteiger charge is 2.20. The van der Waals surface area contributed by atoms with E-state index in [4.69, 9.17) is 13.9 Å². The Morgan fingerprint density at radius 1 is 0.828 bits per heavy atom. The molecule has 0 fully saturated rings. The van der Waals surface area contributed by atoms with Gasteiger partial charge < -0.3 is 18.8 Å². The Morgan fingerprint density at radius 2 is 1.69 bits per heavy atom. The second kappa shape index (κ2) is 7.36. The van der Waals surface area contributed by atoms with Crippen molar-refractivity contribution in [3.63, 3.8) is 0 Å². The van der Waals surface area contributed by atoms with Crippen molar-refractivity contribution in [1.29, 1.82) is 0 Å². The van der Waals surface area contributed by atoms with Gasteiger partial charge in [-0.15, -0.1) is 0 Å². The van der Waals surface area contributed by atoms with Crippen LogP contribution in [0.1, 0.15) is 21.7 Å². The number of hydrogen-bond donors (Lipinski definition) is 0. The Morgan fingerprint density at radius 3 is 2.55 bits per heavy atom. The number of benzene rings is 3. The van der Waals surface area contributed by atoms with E-state index in [1.54, 1.807) is 11.2 Å². The Balaban J connectivity index is 1.46. The lowest BCUT2D eigenvalue weighted by molar-refractivity contribution is 0.0717. The molecule has 1 aliphatic rings. The minimum atomic E-state index is -0.0511. The number of nitrogens with zero attached hydrogens (tertiary/aromatic N) is 1. The maximum atomic E-state index is 13.4. The number of carbonyl (C=O) groups excluding carboxylic acids is 1. The maximum absolute atomic E-state index is 13.4. The van der Waals surface area contributed by atoms with Gasteiger partial charge in [0.05, 0.1) is 12.8 Å². The van der Waals surface area contributed by atoms with Crippen LogP contribution in [0.25, 0.3) is 10.8 Å². The van der Waals surface area contributed by atoms with Crippen molar-refractivity contribution in [3.8, 4) is 11.5 Å². The van der Waals surface area contributed by atoms with Crippen molar-refractivity contribution >= 4 is 16.7 Å². The van der Waals surface area contributed by atoms with Crippen molar-refractivity contribution in [2.24, 2.45) is 0 Å². The molecule has 1 aliphatic heterocycles.